The highest BCUT2D eigenvalue weighted by Crippen LogP contribution is 2.27. The molecular formula is C13H17NOS. The zero-order valence-electron chi connectivity index (χ0n) is 9.61. The molecule has 2 nitrogen and oxygen atoms in total. The summed E-state index contributed by atoms with van der Waals surface area (Å²) in [5, 5.41) is 0. The van der Waals surface area contributed by atoms with Gasteiger partial charge >= 0.3 is 0 Å². The first kappa shape index (κ1) is 11.5. The third kappa shape index (κ3) is 2.40. The Labute approximate surface area is 101 Å². The minimum absolute atomic E-state index is 0.799. The average molecular weight is 235 g/mol. The van der Waals surface area contributed by atoms with Crippen molar-refractivity contribution in [3.8, 4) is 0 Å². The molecule has 1 aliphatic heterocycles. The summed E-state index contributed by atoms with van der Waals surface area (Å²) >= 11 is 1.64. The van der Waals surface area contributed by atoms with Gasteiger partial charge < -0.3 is 4.90 Å². The highest BCUT2D eigenvalue weighted by atomic mass is 32.2. The molecule has 0 atom stereocenters. The van der Waals surface area contributed by atoms with Gasteiger partial charge in [0.05, 0.1) is 0 Å². The largest absolute Gasteiger partial charge is 0.372 e. The number of aldehydes is 1. The maximum absolute atomic E-state index is 10.8. The van der Waals surface area contributed by atoms with Crippen LogP contribution in [0.1, 0.15) is 29.6 Å². The topological polar surface area (TPSA) is 20.3 Å². The minimum atomic E-state index is 0.799. The van der Waals surface area contributed by atoms with Crippen molar-refractivity contribution in [2.45, 2.75) is 24.2 Å². The Kier molecular flexibility index (Phi) is 3.88. The molecule has 0 spiro atoms. The molecule has 0 bridgehead atoms. The van der Waals surface area contributed by atoms with Crippen LogP contribution in [0, 0.1) is 0 Å². The number of piperidine rings is 1. The lowest BCUT2D eigenvalue weighted by Gasteiger charge is -2.29. The monoisotopic (exact) mass is 235 g/mol. The fourth-order valence-corrected chi connectivity index (χ4v) is 2.74. The highest BCUT2D eigenvalue weighted by molar-refractivity contribution is 7.98. The Morgan fingerprint density at radius 1 is 1.25 bits per heavy atom. The number of carbonyl (C=O) groups excluding carboxylic acids is 1. The van der Waals surface area contributed by atoms with E-state index in [1.54, 1.807) is 11.8 Å². The van der Waals surface area contributed by atoms with E-state index < -0.39 is 0 Å². The van der Waals surface area contributed by atoms with Crippen LogP contribution in [0.15, 0.2) is 23.1 Å². The van der Waals surface area contributed by atoms with Gasteiger partial charge in [0, 0.05) is 29.2 Å². The van der Waals surface area contributed by atoms with Gasteiger partial charge in [-0.05, 0) is 43.7 Å². The molecule has 3 heteroatoms. The molecular weight excluding hydrogens is 218 g/mol. The van der Waals surface area contributed by atoms with E-state index in [1.807, 2.05) is 12.3 Å². The summed E-state index contributed by atoms with van der Waals surface area (Å²) in [5.74, 6) is 0. The van der Waals surface area contributed by atoms with E-state index in [0.29, 0.717) is 0 Å². The number of hydrogen-bond donors (Lipinski definition) is 0. The van der Waals surface area contributed by atoms with Crippen LogP contribution in [0.3, 0.4) is 0 Å². The van der Waals surface area contributed by atoms with Crippen LogP contribution in [0.5, 0.6) is 0 Å². The van der Waals surface area contributed by atoms with Gasteiger partial charge in [-0.3, -0.25) is 4.79 Å². The van der Waals surface area contributed by atoms with Crippen LogP contribution in [-0.2, 0) is 0 Å². The Balaban J connectivity index is 2.24. The summed E-state index contributed by atoms with van der Waals surface area (Å²) in [6.07, 6.45) is 6.86. The maximum Gasteiger partial charge on any atom is 0.151 e. The van der Waals surface area contributed by atoms with Gasteiger partial charge in [0.15, 0.2) is 6.29 Å². The Morgan fingerprint density at radius 2 is 2.00 bits per heavy atom. The molecule has 0 amide bonds. The van der Waals surface area contributed by atoms with E-state index in [2.05, 4.69) is 17.0 Å². The fourth-order valence-electron chi connectivity index (χ4n) is 2.15. The van der Waals surface area contributed by atoms with Crippen LogP contribution in [0.25, 0.3) is 0 Å². The third-order valence-corrected chi connectivity index (χ3v) is 3.86. The van der Waals surface area contributed by atoms with Gasteiger partial charge in [0.2, 0.25) is 0 Å². The first-order chi connectivity index (χ1) is 7.85. The number of hydrogen-bond acceptors (Lipinski definition) is 3. The summed E-state index contributed by atoms with van der Waals surface area (Å²) in [4.78, 5) is 14.3. The van der Waals surface area contributed by atoms with Crippen LogP contribution < -0.4 is 4.90 Å². The average Bonchev–Trinajstić information content (AvgIpc) is 2.39. The quantitative estimate of drug-likeness (QED) is 0.592. The molecule has 1 aromatic carbocycles. The molecule has 1 saturated heterocycles. The zero-order chi connectivity index (χ0) is 11.4. The molecule has 1 aliphatic rings. The first-order valence-electron chi connectivity index (χ1n) is 5.73. The van der Waals surface area contributed by atoms with Gasteiger partial charge in [-0.2, -0.15) is 0 Å². The molecule has 0 aliphatic carbocycles. The van der Waals surface area contributed by atoms with Crippen LogP contribution >= 0.6 is 11.8 Å². The van der Waals surface area contributed by atoms with Crippen molar-refractivity contribution in [3.63, 3.8) is 0 Å². The number of anilines is 1. The normalized spacial score (nSPS) is 16.2. The molecule has 2 rings (SSSR count). The lowest BCUT2D eigenvalue weighted by Crippen LogP contribution is -2.29. The third-order valence-electron chi connectivity index (χ3n) is 3.07. The Hall–Kier alpha value is -0.960. The van der Waals surface area contributed by atoms with Crippen molar-refractivity contribution in [1.29, 1.82) is 0 Å². The van der Waals surface area contributed by atoms with Crippen molar-refractivity contribution in [2.75, 3.05) is 24.2 Å². The highest BCUT2D eigenvalue weighted by Gasteiger charge is 2.12. The molecule has 0 N–H and O–H groups in total. The first-order valence-corrected chi connectivity index (χ1v) is 6.96. The van der Waals surface area contributed by atoms with Crippen molar-refractivity contribution < 1.29 is 4.79 Å². The number of nitrogens with zero attached hydrogens (tertiary/aromatic N) is 1. The van der Waals surface area contributed by atoms with Gasteiger partial charge in [0.25, 0.3) is 0 Å². The smallest absolute Gasteiger partial charge is 0.151 e. The van der Waals surface area contributed by atoms with Crippen LogP contribution in [0.4, 0.5) is 5.69 Å². The van der Waals surface area contributed by atoms with E-state index >= 15 is 0 Å². The van der Waals surface area contributed by atoms with Gasteiger partial charge in [-0.25, -0.2) is 0 Å². The van der Waals surface area contributed by atoms with E-state index in [0.717, 1.165) is 29.8 Å². The van der Waals surface area contributed by atoms with Crippen molar-refractivity contribution >= 4 is 23.7 Å². The molecule has 0 radical (unpaired) electrons. The van der Waals surface area contributed by atoms with Crippen LogP contribution in [0.2, 0.25) is 0 Å². The predicted octanol–water partition coefficient (Wildman–Crippen LogP) is 3.21. The molecule has 86 valence electrons. The van der Waals surface area contributed by atoms with Crippen molar-refractivity contribution in [3.05, 3.63) is 23.8 Å². The molecule has 1 heterocycles. The Bertz CT molecular complexity index is 372. The van der Waals surface area contributed by atoms with Crippen molar-refractivity contribution in [2.24, 2.45) is 0 Å². The number of thioether (sulfide) groups is 1. The Morgan fingerprint density at radius 3 is 2.62 bits per heavy atom. The van der Waals surface area contributed by atoms with E-state index in [-0.39, 0.29) is 0 Å². The molecule has 0 unspecified atom stereocenters. The second kappa shape index (κ2) is 5.39. The van der Waals surface area contributed by atoms with E-state index in [1.165, 1.54) is 24.9 Å². The van der Waals surface area contributed by atoms with Gasteiger partial charge in [-0.15, -0.1) is 11.8 Å². The zero-order valence-corrected chi connectivity index (χ0v) is 10.4. The molecule has 16 heavy (non-hydrogen) atoms. The summed E-state index contributed by atoms with van der Waals surface area (Å²) < 4.78 is 0. The second-order valence-electron chi connectivity index (χ2n) is 4.09. The van der Waals surface area contributed by atoms with E-state index in [9.17, 15) is 4.79 Å². The lowest BCUT2D eigenvalue weighted by atomic mass is 10.1. The van der Waals surface area contributed by atoms with E-state index in [4.69, 9.17) is 0 Å². The second-order valence-corrected chi connectivity index (χ2v) is 4.94. The number of carbonyl (C=O) groups is 1. The lowest BCUT2D eigenvalue weighted by molar-refractivity contribution is 0.112. The van der Waals surface area contributed by atoms with Crippen molar-refractivity contribution in [1.82, 2.24) is 0 Å². The van der Waals surface area contributed by atoms with Gasteiger partial charge in [-0.1, -0.05) is 0 Å². The molecule has 0 saturated carbocycles. The summed E-state index contributed by atoms with van der Waals surface area (Å²) in [7, 11) is 0. The molecule has 1 aromatic rings. The predicted molar refractivity (Wildman–Crippen MR) is 69.7 cm³/mol. The molecule has 1 fully saturated rings. The molecule has 0 aromatic heterocycles. The fraction of sp³-hybridized carbons (Fsp3) is 0.462. The standard InChI is InChI=1S/C13H17NOS/c1-16-13-9-12(6-5-11(13)10-15)14-7-3-2-4-8-14/h5-6,9-10H,2-4,7-8H2,1H3. The van der Waals surface area contributed by atoms with Crippen LogP contribution in [-0.4, -0.2) is 25.6 Å². The number of benzene rings is 1. The minimum Gasteiger partial charge on any atom is -0.372 e. The summed E-state index contributed by atoms with van der Waals surface area (Å²) in [5.41, 5.74) is 2.06. The summed E-state index contributed by atoms with van der Waals surface area (Å²) in [6.45, 7) is 2.29. The summed E-state index contributed by atoms with van der Waals surface area (Å²) in [6, 6.07) is 6.14. The van der Waals surface area contributed by atoms with Gasteiger partial charge in [0.1, 0.15) is 0 Å². The maximum atomic E-state index is 10.8. The SMILES string of the molecule is CSc1cc(N2CCCCC2)ccc1C=O. The number of rotatable bonds is 3.